The fraction of sp³-hybridized carbons (Fsp3) is 0. The smallest absolute Gasteiger partial charge is 0.0486 e. The van der Waals surface area contributed by atoms with Gasteiger partial charge in [-0.25, -0.2) is 0 Å². The molecular weight excluding hydrogens is 200 g/mol. The molecule has 0 aromatic heterocycles. The monoisotopic (exact) mass is 214 g/mol. The molecule has 4 nitrogen and oxygen atoms in total. The van der Waals surface area contributed by atoms with Crippen molar-refractivity contribution in [3.8, 4) is 0 Å². The van der Waals surface area contributed by atoms with Gasteiger partial charge in [0.2, 0.25) is 0 Å². The van der Waals surface area contributed by atoms with Crippen LogP contribution in [0.25, 0.3) is 0 Å². The van der Waals surface area contributed by atoms with Crippen molar-refractivity contribution in [3.63, 3.8) is 0 Å². The molecule has 2 rings (SSSR count). The van der Waals surface area contributed by atoms with Gasteiger partial charge in [-0.15, -0.1) is 0 Å². The fourth-order valence-electron chi connectivity index (χ4n) is 1.38. The fourth-order valence-corrected chi connectivity index (χ4v) is 1.38. The molecule has 2 aromatic carbocycles. The minimum Gasteiger partial charge on any atom is -0.399 e. The van der Waals surface area contributed by atoms with Crippen molar-refractivity contribution >= 4 is 22.7 Å². The molecular formula is C12H14N4. The van der Waals surface area contributed by atoms with Crippen LogP contribution in [0.3, 0.4) is 0 Å². The van der Waals surface area contributed by atoms with Gasteiger partial charge in [0.15, 0.2) is 0 Å². The van der Waals surface area contributed by atoms with Gasteiger partial charge in [0.05, 0.1) is 0 Å². The SMILES string of the molecule is NNc1ccc(Nc2ccc(N)cc2)cc1. The van der Waals surface area contributed by atoms with E-state index in [1.54, 1.807) is 0 Å². The van der Waals surface area contributed by atoms with Crippen molar-refractivity contribution < 1.29 is 0 Å². The van der Waals surface area contributed by atoms with Gasteiger partial charge in [-0.2, -0.15) is 0 Å². The van der Waals surface area contributed by atoms with Crippen LogP contribution in [-0.4, -0.2) is 0 Å². The second-order valence-corrected chi connectivity index (χ2v) is 3.47. The number of benzene rings is 2. The van der Waals surface area contributed by atoms with Crippen molar-refractivity contribution in [2.45, 2.75) is 0 Å². The highest BCUT2D eigenvalue weighted by atomic mass is 15.2. The molecule has 0 atom stereocenters. The van der Waals surface area contributed by atoms with E-state index in [2.05, 4.69) is 10.7 Å². The van der Waals surface area contributed by atoms with Gasteiger partial charge in [-0.3, -0.25) is 5.84 Å². The van der Waals surface area contributed by atoms with Crippen molar-refractivity contribution in [1.29, 1.82) is 0 Å². The largest absolute Gasteiger partial charge is 0.399 e. The maximum absolute atomic E-state index is 5.61. The van der Waals surface area contributed by atoms with E-state index in [1.165, 1.54) is 0 Å². The lowest BCUT2D eigenvalue weighted by atomic mass is 10.2. The third kappa shape index (κ3) is 2.43. The molecule has 0 saturated carbocycles. The van der Waals surface area contributed by atoms with Crippen LogP contribution >= 0.6 is 0 Å². The number of nitrogens with one attached hydrogen (secondary N) is 2. The molecule has 0 fully saturated rings. The molecule has 0 saturated heterocycles. The van der Waals surface area contributed by atoms with Gasteiger partial charge in [0.25, 0.3) is 0 Å². The van der Waals surface area contributed by atoms with Gasteiger partial charge >= 0.3 is 0 Å². The maximum atomic E-state index is 5.61. The Hall–Kier alpha value is -2.20. The third-order valence-electron chi connectivity index (χ3n) is 2.25. The number of hydrazine groups is 1. The van der Waals surface area contributed by atoms with Crippen LogP contribution in [-0.2, 0) is 0 Å². The van der Waals surface area contributed by atoms with Crippen molar-refractivity contribution in [1.82, 2.24) is 0 Å². The Kier molecular flexibility index (Phi) is 2.93. The number of hydrogen-bond donors (Lipinski definition) is 4. The van der Waals surface area contributed by atoms with Crippen LogP contribution in [0.4, 0.5) is 22.7 Å². The molecule has 4 heteroatoms. The Labute approximate surface area is 94.2 Å². The molecule has 16 heavy (non-hydrogen) atoms. The molecule has 0 heterocycles. The molecule has 2 aromatic rings. The minimum absolute atomic E-state index is 0.758. The van der Waals surface area contributed by atoms with Crippen LogP contribution in [0.1, 0.15) is 0 Å². The highest BCUT2D eigenvalue weighted by Gasteiger charge is 1.94. The van der Waals surface area contributed by atoms with E-state index in [-0.39, 0.29) is 0 Å². The molecule has 0 aliphatic heterocycles. The highest BCUT2D eigenvalue weighted by molar-refractivity contribution is 5.63. The summed E-state index contributed by atoms with van der Waals surface area (Å²) in [4.78, 5) is 0. The van der Waals surface area contributed by atoms with Crippen LogP contribution in [0, 0.1) is 0 Å². The predicted molar refractivity (Wildman–Crippen MR) is 68.4 cm³/mol. The summed E-state index contributed by atoms with van der Waals surface area (Å²) < 4.78 is 0. The first-order valence-electron chi connectivity index (χ1n) is 4.97. The van der Waals surface area contributed by atoms with E-state index in [0.717, 1.165) is 22.7 Å². The summed E-state index contributed by atoms with van der Waals surface area (Å²) in [5.41, 5.74) is 11.8. The molecule has 0 bridgehead atoms. The standard InChI is InChI=1S/C12H14N4/c13-9-1-3-10(4-2-9)15-11-5-7-12(16-14)8-6-11/h1-8,15-16H,13-14H2. The first-order chi connectivity index (χ1) is 7.78. The molecule has 0 aliphatic carbocycles. The van der Waals surface area contributed by atoms with E-state index < -0.39 is 0 Å². The lowest BCUT2D eigenvalue weighted by molar-refractivity contribution is 1.35. The normalized spacial score (nSPS) is 9.81. The third-order valence-corrected chi connectivity index (χ3v) is 2.25. The molecule has 0 unspecified atom stereocenters. The summed E-state index contributed by atoms with van der Waals surface area (Å²) in [6, 6.07) is 15.3. The molecule has 0 aliphatic rings. The number of nitrogen functional groups attached to an aromatic ring is 2. The van der Waals surface area contributed by atoms with Crippen LogP contribution in [0.5, 0.6) is 0 Å². The lowest BCUT2D eigenvalue weighted by Crippen LogP contribution is -2.06. The van der Waals surface area contributed by atoms with Gasteiger partial charge in [0.1, 0.15) is 0 Å². The van der Waals surface area contributed by atoms with Gasteiger partial charge < -0.3 is 16.5 Å². The van der Waals surface area contributed by atoms with Crippen molar-refractivity contribution in [2.75, 3.05) is 16.5 Å². The molecule has 0 radical (unpaired) electrons. The zero-order valence-corrected chi connectivity index (χ0v) is 8.77. The van der Waals surface area contributed by atoms with E-state index >= 15 is 0 Å². The van der Waals surface area contributed by atoms with Gasteiger partial charge in [-0.1, -0.05) is 0 Å². The first-order valence-corrected chi connectivity index (χ1v) is 4.97. The molecule has 0 amide bonds. The average molecular weight is 214 g/mol. The Morgan fingerprint density at radius 2 is 1.12 bits per heavy atom. The summed E-state index contributed by atoms with van der Waals surface area (Å²) in [5.74, 6) is 5.28. The Morgan fingerprint density at radius 1 is 0.688 bits per heavy atom. The molecule has 6 N–H and O–H groups in total. The van der Waals surface area contributed by atoms with Gasteiger partial charge in [0, 0.05) is 22.7 Å². The van der Waals surface area contributed by atoms with E-state index in [4.69, 9.17) is 11.6 Å². The average Bonchev–Trinajstić information content (AvgIpc) is 2.33. The Morgan fingerprint density at radius 3 is 1.62 bits per heavy atom. The van der Waals surface area contributed by atoms with Gasteiger partial charge in [-0.05, 0) is 48.5 Å². The van der Waals surface area contributed by atoms with Crippen LogP contribution in [0.2, 0.25) is 0 Å². The van der Waals surface area contributed by atoms with E-state index in [0.29, 0.717) is 0 Å². The number of hydrogen-bond acceptors (Lipinski definition) is 4. The van der Waals surface area contributed by atoms with Crippen LogP contribution < -0.4 is 22.3 Å². The first kappa shape index (κ1) is 10.3. The number of nitrogens with two attached hydrogens (primary N) is 2. The Balaban J connectivity index is 2.11. The topological polar surface area (TPSA) is 76.1 Å². The minimum atomic E-state index is 0.758. The summed E-state index contributed by atoms with van der Waals surface area (Å²) in [5, 5.41) is 3.26. The van der Waals surface area contributed by atoms with Crippen molar-refractivity contribution in [3.05, 3.63) is 48.5 Å². The lowest BCUT2D eigenvalue weighted by Gasteiger charge is -2.07. The second kappa shape index (κ2) is 4.55. The van der Waals surface area contributed by atoms with E-state index in [9.17, 15) is 0 Å². The zero-order chi connectivity index (χ0) is 11.4. The molecule has 0 spiro atoms. The number of rotatable bonds is 3. The summed E-state index contributed by atoms with van der Waals surface area (Å²) in [6.45, 7) is 0. The second-order valence-electron chi connectivity index (χ2n) is 3.47. The maximum Gasteiger partial charge on any atom is 0.0486 e. The summed E-state index contributed by atoms with van der Waals surface area (Å²) in [7, 11) is 0. The predicted octanol–water partition coefficient (Wildman–Crippen LogP) is 2.30. The highest BCUT2D eigenvalue weighted by Crippen LogP contribution is 2.19. The quantitative estimate of drug-likeness (QED) is 0.359. The summed E-state index contributed by atoms with van der Waals surface area (Å²) in [6.07, 6.45) is 0. The summed E-state index contributed by atoms with van der Waals surface area (Å²) >= 11 is 0. The number of anilines is 4. The van der Waals surface area contributed by atoms with E-state index in [1.807, 2.05) is 48.5 Å². The Bertz CT molecular complexity index is 447. The van der Waals surface area contributed by atoms with Crippen molar-refractivity contribution in [2.24, 2.45) is 5.84 Å². The molecule has 82 valence electrons. The van der Waals surface area contributed by atoms with Crippen LogP contribution in [0.15, 0.2) is 48.5 Å². The zero-order valence-electron chi connectivity index (χ0n) is 8.77.